The summed E-state index contributed by atoms with van der Waals surface area (Å²) in [6.45, 7) is 4.43. The fourth-order valence-corrected chi connectivity index (χ4v) is 3.55. The Morgan fingerprint density at radius 1 is 1.10 bits per heavy atom. The molecule has 9 heteroatoms. The summed E-state index contributed by atoms with van der Waals surface area (Å²) in [4.78, 5) is 24.5. The topological polar surface area (TPSA) is 108 Å². The Morgan fingerprint density at radius 2 is 1.93 bits per heavy atom. The van der Waals surface area contributed by atoms with Gasteiger partial charge in [0.15, 0.2) is 11.5 Å². The lowest BCUT2D eigenvalue weighted by Crippen LogP contribution is -2.33. The number of nitrogens with one attached hydrogen (secondary N) is 1. The third-order valence-corrected chi connectivity index (χ3v) is 4.99. The van der Waals surface area contributed by atoms with E-state index in [4.69, 9.17) is 0 Å². The maximum atomic E-state index is 12.3. The van der Waals surface area contributed by atoms with E-state index in [1.54, 1.807) is 22.9 Å². The zero-order valence-corrected chi connectivity index (χ0v) is 16.6. The molecule has 1 aliphatic carbocycles. The number of fused-ring (bicyclic) bond motifs is 1. The lowest BCUT2D eigenvalue weighted by molar-refractivity contribution is 0.0945. The maximum Gasteiger partial charge on any atom is 0.271 e. The molecule has 3 aromatic rings. The molecule has 0 atom stereocenters. The first-order valence-electron chi connectivity index (χ1n) is 9.77. The van der Waals surface area contributed by atoms with Crippen LogP contribution >= 0.6 is 0 Å². The Kier molecular flexibility index (Phi) is 5.20. The molecule has 0 aromatic carbocycles. The molecule has 1 amide bonds. The quantitative estimate of drug-likeness (QED) is 0.697. The number of rotatable bonds is 5. The Labute approximate surface area is 167 Å². The molecule has 9 nitrogen and oxygen atoms in total. The van der Waals surface area contributed by atoms with Crippen molar-refractivity contribution in [3.63, 3.8) is 0 Å². The van der Waals surface area contributed by atoms with E-state index in [1.165, 1.54) is 4.68 Å². The Morgan fingerprint density at radius 3 is 2.66 bits per heavy atom. The van der Waals surface area contributed by atoms with Gasteiger partial charge >= 0.3 is 0 Å². The summed E-state index contributed by atoms with van der Waals surface area (Å²) in [7, 11) is 0. The molecule has 4 rings (SSSR count). The number of carbonyl (C=O) groups is 1. The van der Waals surface area contributed by atoms with Gasteiger partial charge in [-0.3, -0.25) is 9.59 Å². The highest BCUT2D eigenvalue weighted by atomic mass is 16.2. The molecule has 0 fully saturated rings. The van der Waals surface area contributed by atoms with Gasteiger partial charge in [-0.1, -0.05) is 0 Å². The van der Waals surface area contributed by atoms with Gasteiger partial charge in [0.2, 0.25) is 0 Å². The van der Waals surface area contributed by atoms with Crippen molar-refractivity contribution in [3.8, 4) is 5.82 Å². The molecule has 0 aliphatic heterocycles. The van der Waals surface area contributed by atoms with Crippen molar-refractivity contribution in [1.82, 2.24) is 35.1 Å². The van der Waals surface area contributed by atoms with Crippen molar-refractivity contribution in [2.45, 2.75) is 46.1 Å². The van der Waals surface area contributed by atoms with E-state index in [0.29, 0.717) is 12.4 Å². The van der Waals surface area contributed by atoms with E-state index in [9.17, 15) is 9.59 Å². The van der Waals surface area contributed by atoms with E-state index in [0.717, 1.165) is 48.3 Å². The minimum Gasteiger partial charge on any atom is -0.349 e. The molecule has 0 radical (unpaired) electrons. The molecule has 1 N–H and O–H groups in total. The van der Waals surface area contributed by atoms with Crippen LogP contribution in [0.4, 0.5) is 0 Å². The third kappa shape index (κ3) is 4.08. The maximum absolute atomic E-state index is 12.3. The molecule has 29 heavy (non-hydrogen) atoms. The highest BCUT2D eigenvalue weighted by Gasteiger charge is 2.14. The molecule has 0 saturated carbocycles. The van der Waals surface area contributed by atoms with Crippen LogP contribution in [0.25, 0.3) is 5.82 Å². The molecule has 0 unspecified atom stereocenters. The summed E-state index contributed by atoms with van der Waals surface area (Å²) >= 11 is 0. The third-order valence-electron chi connectivity index (χ3n) is 4.99. The van der Waals surface area contributed by atoms with E-state index >= 15 is 0 Å². The number of nitrogens with zero attached hydrogens (tertiary/aromatic N) is 6. The number of hydrogen-bond acceptors (Lipinski definition) is 6. The van der Waals surface area contributed by atoms with Crippen LogP contribution in [-0.2, 0) is 19.4 Å². The highest BCUT2D eigenvalue weighted by molar-refractivity contribution is 5.92. The van der Waals surface area contributed by atoms with Gasteiger partial charge in [-0.15, -0.1) is 10.2 Å². The summed E-state index contributed by atoms with van der Waals surface area (Å²) < 4.78 is 3.10. The van der Waals surface area contributed by atoms with Crippen LogP contribution in [0.5, 0.6) is 0 Å². The van der Waals surface area contributed by atoms with Crippen LogP contribution in [0.1, 0.15) is 46.0 Å². The fraction of sp³-hybridized carbons (Fsp3) is 0.400. The molecular formula is C20H23N7O2. The Balaban J connectivity index is 1.38. The van der Waals surface area contributed by atoms with Crippen molar-refractivity contribution >= 4 is 5.91 Å². The summed E-state index contributed by atoms with van der Waals surface area (Å²) in [6, 6.07) is 6.93. The molecule has 0 bridgehead atoms. The van der Waals surface area contributed by atoms with Gasteiger partial charge < -0.3 is 5.32 Å². The monoisotopic (exact) mass is 393 g/mol. The van der Waals surface area contributed by atoms with Crippen molar-refractivity contribution < 1.29 is 4.79 Å². The lowest BCUT2D eigenvalue weighted by atomic mass is 9.97. The van der Waals surface area contributed by atoms with Gasteiger partial charge in [-0.2, -0.15) is 10.2 Å². The lowest BCUT2D eigenvalue weighted by Gasteiger charge is -2.15. The summed E-state index contributed by atoms with van der Waals surface area (Å²) in [5, 5.41) is 19.7. The minimum atomic E-state index is -0.344. The van der Waals surface area contributed by atoms with Crippen LogP contribution in [0.3, 0.4) is 0 Å². The zero-order chi connectivity index (χ0) is 20.4. The van der Waals surface area contributed by atoms with Crippen LogP contribution < -0.4 is 10.9 Å². The van der Waals surface area contributed by atoms with E-state index in [1.807, 2.05) is 19.9 Å². The number of hydrogen-bond donors (Lipinski definition) is 1. The zero-order valence-electron chi connectivity index (χ0n) is 16.6. The van der Waals surface area contributed by atoms with Gasteiger partial charge in [-0.05, 0) is 63.3 Å². The molecule has 1 aliphatic rings. The van der Waals surface area contributed by atoms with Crippen LogP contribution in [0.15, 0.2) is 29.1 Å². The van der Waals surface area contributed by atoms with Gasteiger partial charge in [0.1, 0.15) is 0 Å². The van der Waals surface area contributed by atoms with Gasteiger partial charge in [0, 0.05) is 18.3 Å². The van der Waals surface area contributed by atoms with Gasteiger partial charge in [0.25, 0.3) is 11.5 Å². The minimum absolute atomic E-state index is 0.131. The Hall–Kier alpha value is -3.36. The predicted molar refractivity (Wildman–Crippen MR) is 106 cm³/mol. The van der Waals surface area contributed by atoms with Crippen LogP contribution in [0, 0.1) is 13.8 Å². The first kappa shape index (κ1) is 19.0. The first-order valence-corrected chi connectivity index (χ1v) is 9.77. The van der Waals surface area contributed by atoms with Crippen molar-refractivity contribution in [2.24, 2.45) is 0 Å². The summed E-state index contributed by atoms with van der Waals surface area (Å²) in [5.41, 5.74) is 3.95. The van der Waals surface area contributed by atoms with E-state index in [2.05, 4.69) is 25.7 Å². The number of carbonyl (C=O) groups excluding carboxylic acids is 1. The summed E-state index contributed by atoms with van der Waals surface area (Å²) in [5.74, 6) is 0.209. The fourth-order valence-electron chi connectivity index (χ4n) is 3.55. The van der Waals surface area contributed by atoms with Gasteiger partial charge in [0.05, 0.1) is 17.9 Å². The van der Waals surface area contributed by atoms with E-state index < -0.39 is 0 Å². The second-order valence-corrected chi connectivity index (χ2v) is 7.26. The smallest absolute Gasteiger partial charge is 0.271 e. The largest absolute Gasteiger partial charge is 0.349 e. The predicted octanol–water partition coefficient (Wildman–Crippen LogP) is 1.14. The van der Waals surface area contributed by atoms with Crippen molar-refractivity contribution in [1.29, 1.82) is 0 Å². The summed E-state index contributed by atoms with van der Waals surface area (Å²) in [6.07, 6.45) is 4.02. The first-order chi connectivity index (χ1) is 14.0. The number of amides is 1. The normalized spacial score (nSPS) is 13.2. The second kappa shape index (κ2) is 7.94. The molecule has 150 valence electrons. The number of aromatic nitrogens is 6. The Bertz CT molecular complexity index is 1100. The second-order valence-electron chi connectivity index (χ2n) is 7.26. The molecule has 3 aromatic heterocycles. The standard InChI is InChI=1S/C20H23N7O2/c1-13-11-14(2)27(24-13)18-8-7-17(22-23-18)20(29)21-9-10-26-19(28)12-15-5-3-4-6-16(15)25-26/h7-8,11-12H,3-6,9-10H2,1-2H3,(H,21,29). The van der Waals surface area contributed by atoms with Crippen molar-refractivity contribution in [2.75, 3.05) is 6.54 Å². The van der Waals surface area contributed by atoms with Crippen LogP contribution in [0.2, 0.25) is 0 Å². The molecular weight excluding hydrogens is 370 g/mol. The van der Waals surface area contributed by atoms with Gasteiger partial charge in [-0.25, -0.2) is 9.36 Å². The number of aryl methyl sites for hydroxylation is 4. The van der Waals surface area contributed by atoms with E-state index in [-0.39, 0.29) is 23.7 Å². The average molecular weight is 393 g/mol. The highest BCUT2D eigenvalue weighted by Crippen LogP contribution is 2.16. The van der Waals surface area contributed by atoms with Crippen LogP contribution in [-0.4, -0.2) is 42.2 Å². The molecule has 3 heterocycles. The van der Waals surface area contributed by atoms with Crippen molar-refractivity contribution in [3.05, 3.63) is 63.0 Å². The molecule has 0 spiro atoms. The average Bonchev–Trinajstić information content (AvgIpc) is 3.06. The molecule has 0 saturated heterocycles. The SMILES string of the molecule is Cc1cc(C)n(-c2ccc(C(=O)NCCn3nc4c(cc3=O)CCCC4)nn2)n1.